The molecule has 0 saturated carbocycles. The Kier molecular flexibility index (Phi) is 6.90. The summed E-state index contributed by atoms with van der Waals surface area (Å²) in [5, 5.41) is 3.91. The van der Waals surface area contributed by atoms with E-state index >= 15 is 0 Å². The van der Waals surface area contributed by atoms with Crippen LogP contribution < -0.4 is 5.32 Å². The van der Waals surface area contributed by atoms with Crippen LogP contribution in [0, 0.1) is 0 Å². The Morgan fingerprint density at radius 2 is 1.67 bits per heavy atom. The normalized spacial score (nSPS) is 10.8. The van der Waals surface area contributed by atoms with Gasteiger partial charge in [0.1, 0.15) is 6.54 Å². The molecule has 7 heteroatoms. The van der Waals surface area contributed by atoms with Crippen molar-refractivity contribution in [1.82, 2.24) is 14.8 Å². The molecule has 0 unspecified atom stereocenters. The van der Waals surface area contributed by atoms with Crippen LogP contribution in [0.25, 0.3) is 10.9 Å². The quantitative estimate of drug-likeness (QED) is 0.442. The van der Waals surface area contributed by atoms with Gasteiger partial charge in [-0.3, -0.25) is 14.4 Å². The minimum atomic E-state index is -0.692. The summed E-state index contributed by atoms with van der Waals surface area (Å²) in [5.41, 5.74) is 1.87. The van der Waals surface area contributed by atoms with E-state index in [9.17, 15) is 14.4 Å². The Morgan fingerprint density at radius 3 is 2.33 bits per heavy atom. The molecule has 30 heavy (non-hydrogen) atoms. The molecule has 0 spiro atoms. The number of hydrogen-bond acceptors (Lipinski definition) is 3. The molecule has 156 valence electrons. The van der Waals surface area contributed by atoms with Gasteiger partial charge in [-0.1, -0.05) is 41.9 Å². The Morgan fingerprint density at radius 1 is 1.00 bits per heavy atom. The number of nitrogens with one attached hydrogen (secondary N) is 1. The number of nitrogens with zero attached hydrogens (tertiary/aromatic N) is 2. The summed E-state index contributed by atoms with van der Waals surface area (Å²) >= 11 is 5.87. The van der Waals surface area contributed by atoms with E-state index in [1.807, 2.05) is 26.0 Å². The van der Waals surface area contributed by atoms with E-state index in [1.54, 1.807) is 52.1 Å². The number of likely N-dealkylation sites (N-methyl/N-ethyl adjacent to an activating group) is 1. The number of halogens is 1. The Bertz CT molecular complexity index is 1070. The van der Waals surface area contributed by atoms with Crippen molar-refractivity contribution in [2.75, 3.05) is 13.1 Å². The Labute approximate surface area is 180 Å². The summed E-state index contributed by atoms with van der Waals surface area (Å²) in [5.74, 6) is -1.36. The van der Waals surface area contributed by atoms with Crippen molar-refractivity contribution < 1.29 is 14.4 Å². The first-order valence-electron chi connectivity index (χ1n) is 9.87. The van der Waals surface area contributed by atoms with E-state index in [0.717, 1.165) is 11.1 Å². The highest BCUT2D eigenvalue weighted by Crippen LogP contribution is 2.22. The standard InChI is InChI=1S/C23H24ClN3O3/c1-3-26(4-2)21(28)15-27-14-19(18-7-5-6-8-20(18)27)22(29)23(30)25-13-16-9-11-17(24)12-10-16/h5-12,14H,3-4,13,15H2,1-2H3,(H,25,30). The molecule has 0 fully saturated rings. The molecule has 0 aliphatic heterocycles. The number of ketones is 1. The average molecular weight is 426 g/mol. The van der Waals surface area contributed by atoms with Gasteiger partial charge in [-0.05, 0) is 37.6 Å². The van der Waals surface area contributed by atoms with Gasteiger partial charge in [-0.15, -0.1) is 0 Å². The van der Waals surface area contributed by atoms with Crippen molar-refractivity contribution >= 4 is 40.1 Å². The van der Waals surface area contributed by atoms with E-state index in [1.165, 1.54) is 0 Å². The van der Waals surface area contributed by atoms with Crippen LogP contribution >= 0.6 is 11.6 Å². The van der Waals surface area contributed by atoms with Crippen molar-refractivity contribution in [2.24, 2.45) is 0 Å². The van der Waals surface area contributed by atoms with Gasteiger partial charge in [0.15, 0.2) is 0 Å². The van der Waals surface area contributed by atoms with Gasteiger partial charge in [0.2, 0.25) is 5.91 Å². The summed E-state index contributed by atoms with van der Waals surface area (Å²) < 4.78 is 1.73. The number of Topliss-reactive ketones (excluding diaryl/α,β-unsaturated/α-hetero) is 1. The number of carbonyl (C=O) groups excluding carboxylic acids is 3. The minimum Gasteiger partial charge on any atom is -0.345 e. The van der Waals surface area contributed by atoms with Crippen LogP contribution in [0.15, 0.2) is 54.7 Å². The highest BCUT2D eigenvalue weighted by atomic mass is 35.5. The van der Waals surface area contributed by atoms with Crippen molar-refractivity contribution in [1.29, 1.82) is 0 Å². The maximum absolute atomic E-state index is 12.8. The van der Waals surface area contributed by atoms with Crippen molar-refractivity contribution in [3.8, 4) is 0 Å². The largest absolute Gasteiger partial charge is 0.345 e. The van der Waals surface area contributed by atoms with Gasteiger partial charge in [-0.25, -0.2) is 0 Å². The maximum Gasteiger partial charge on any atom is 0.292 e. The smallest absolute Gasteiger partial charge is 0.292 e. The van der Waals surface area contributed by atoms with E-state index in [4.69, 9.17) is 11.6 Å². The predicted molar refractivity (Wildman–Crippen MR) is 117 cm³/mol. The van der Waals surface area contributed by atoms with E-state index in [-0.39, 0.29) is 24.6 Å². The molecular weight excluding hydrogens is 402 g/mol. The Hall–Kier alpha value is -3.12. The zero-order chi connectivity index (χ0) is 21.7. The Balaban J connectivity index is 1.80. The van der Waals surface area contributed by atoms with Crippen LogP contribution in [0.5, 0.6) is 0 Å². The number of carbonyl (C=O) groups is 3. The van der Waals surface area contributed by atoms with Crippen LogP contribution in [0.3, 0.4) is 0 Å². The molecule has 2 aromatic carbocycles. The topological polar surface area (TPSA) is 71.4 Å². The predicted octanol–water partition coefficient (Wildman–Crippen LogP) is 3.66. The van der Waals surface area contributed by atoms with Crippen LogP contribution in [-0.4, -0.2) is 40.2 Å². The SMILES string of the molecule is CCN(CC)C(=O)Cn1cc(C(=O)C(=O)NCc2ccc(Cl)cc2)c2ccccc21. The van der Waals surface area contributed by atoms with Crippen LogP contribution in [0.1, 0.15) is 29.8 Å². The molecule has 1 N–H and O–H groups in total. The van der Waals surface area contributed by atoms with Crippen LogP contribution in [-0.2, 0) is 22.7 Å². The maximum atomic E-state index is 12.8. The summed E-state index contributed by atoms with van der Waals surface area (Å²) in [4.78, 5) is 39.6. The molecule has 0 radical (unpaired) electrons. The van der Waals surface area contributed by atoms with E-state index < -0.39 is 11.7 Å². The summed E-state index contributed by atoms with van der Waals surface area (Å²) in [7, 11) is 0. The second-order valence-corrected chi connectivity index (χ2v) is 7.33. The van der Waals surface area contributed by atoms with Gasteiger partial charge in [0.25, 0.3) is 11.7 Å². The fourth-order valence-corrected chi connectivity index (χ4v) is 3.49. The lowest BCUT2D eigenvalue weighted by Crippen LogP contribution is -2.33. The van der Waals surface area contributed by atoms with Gasteiger partial charge in [0.05, 0.1) is 5.56 Å². The molecule has 1 heterocycles. The number of hydrogen-bond donors (Lipinski definition) is 1. The van der Waals surface area contributed by atoms with Crippen LogP contribution in [0.2, 0.25) is 5.02 Å². The lowest BCUT2D eigenvalue weighted by molar-refractivity contribution is -0.131. The molecule has 2 amide bonds. The summed E-state index contributed by atoms with van der Waals surface area (Å²) in [6.07, 6.45) is 1.59. The molecule has 0 aliphatic rings. The molecule has 6 nitrogen and oxygen atoms in total. The van der Waals surface area contributed by atoms with Crippen LogP contribution in [0.4, 0.5) is 0 Å². The van der Waals surface area contributed by atoms with Crippen molar-refractivity contribution in [3.05, 3.63) is 70.9 Å². The number of fused-ring (bicyclic) bond motifs is 1. The molecule has 1 aromatic heterocycles. The minimum absolute atomic E-state index is 0.0352. The zero-order valence-electron chi connectivity index (χ0n) is 17.0. The lowest BCUT2D eigenvalue weighted by atomic mass is 10.1. The third-order valence-corrected chi connectivity index (χ3v) is 5.28. The fourth-order valence-electron chi connectivity index (χ4n) is 3.37. The van der Waals surface area contributed by atoms with E-state index in [2.05, 4.69) is 5.32 Å². The molecule has 3 rings (SSSR count). The van der Waals surface area contributed by atoms with E-state index in [0.29, 0.717) is 23.5 Å². The van der Waals surface area contributed by atoms with Crippen molar-refractivity contribution in [3.63, 3.8) is 0 Å². The second-order valence-electron chi connectivity index (χ2n) is 6.89. The fraction of sp³-hybridized carbons (Fsp3) is 0.261. The first-order chi connectivity index (χ1) is 14.4. The second kappa shape index (κ2) is 9.59. The molecular formula is C23H24ClN3O3. The number of amides is 2. The highest BCUT2D eigenvalue weighted by molar-refractivity contribution is 6.45. The molecule has 0 atom stereocenters. The zero-order valence-corrected chi connectivity index (χ0v) is 17.8. The number of benzene rings is 2. The first kappa shape index (κ1) is 21.6. The monoisotopic (exact) mass is 425 g/mol. The first-order valence-corrected chi connectivity index (χ1v) is 10.2. The number of para-hydroxylation sites is 1. The summed E-state index contributed by atoms with van der Waals surface area (Å²) in [6.45, 7) is 5.42. The molecule has 0 saturated heterocycles. The van der Waals surface area contributed by atoms with Gasteiger partial charge in [0, 0.05) is 41.8 Å². The lowest BCUT2D eigenvalue weighted by Gasteiger charge is -2.19. The van der Waals surface area contributed by atoms with Gasteiger partial charge < -0.3 is 14.8 Å². The molecule has 0 aliphatic carbocycles. The average Bonchev–Trinajstić information content (AvgIpc) is 3.12. The van der Waals surface area contributed by atoms with Crippen molar-refractivity contribution in [2.45, 2.75) is 26.9 Å². The highest BCUT2D eigenvalue weighted by Gasteiger charge is 2.22. The number of rotatable bonds is 8. The van der Waals surface area contributed by atoms with Gasteiger partial charge in [-0.2, -0.15) is 0 Å². The number of aromatic nitrogens is 1. The molecule has 3 aromatic rings. The third kappa shape index (κ3) is 4.71. The summed E-state index contributed by atoms with van der Waals surface area (Å²) in [6, 6.07) is 14.3. The molecule has 0 bridgehead atoms. The van der Waals surface area contributed by atoms with Gasteiger partial charge >= 0.3 is 0 Å². The third-order valence-electron chi connectivity index (χ3n) is 5.03.